The summed E-state index contributed by atoms with van der Waals surface area (Å²) in [5.41, 5.74) is 5.15. The topological polar surface area (TPSA) is 121 Å². The predicted molar refractivity (Wildman–Crippen MR) is 158 cm³/mol. The molecule has 3 aromatic carbocycles. The van der Waals surface area contributed by atoms with E-state index in [4.69, 9.17) is 27.6 Å². The summed E-state index contributed by atoms with van der Waals surface area (Å²) in [7, 11) is -3.94. The third-order valence-corrected chi connectivity index (χ3v) is 8.25. The lowest BCUT2D eigenvalue weighted by molar-refractivity contribution is -0.136. The molecule has 212 valence electrons. The van der Waals surface area contributed by atoms with E-state index in [1.54, 1.807) is 42.5 Å². The van der Waals surface area contributed by atoms with Crippen LogP contribution in [0.4, 0.5) is 5.69 Å². The van der Waals surface area contributed by atoms with Gasteiger partial charge in [0.05, 0.1) is 17.7 Å². The van der Waals surface area contributed by atoms with Gasteiger partial charge in [0.15, 0.2) is 0 Å². The molecule has 0 fully saturated rings. The summed E-state index contributed by atoms with van der Waals surface area (Å²) in [4.78, 5) is 24.5. The second-order valence-electron chi connectivity index (χ2n) is 9.13. The molecule has 2 amide bonds. The van der Waals surface area contributed by atoms with Crippen molar-refractivity contribution >= 4 is 56.9 Å². The minimum atomic E-state index is -3.94. The van der Waals surface area contributed by atoms with Crippen LogP contribution in [0.25, 0.3) is 0 Å². The van der Waals surface area contributed by atoms with Crippen molar-refractivity contribution in [2.45, 2.75) is 31.8 Å². The molecule has 12 heteroatoms. The van der Waals surface area contributed by atoms with Gasteiger partial charge in [0.25, 0.3) is 0 Å². The maximum Gasteiger partial charge on any atom is 0.329 e. The molecule has 0 atom stereocenters. The number of hydrogen-bond acceptors (Lipinski definition) is 6. The molecule has 0 saturated carbocycles. The van der Waals surface area contributed by atoms with E-state index in [1.807, 2.05) is 26.0 Å². The molecular formula is C29H26Cl2N4O5S. The number of aryl methyl sites for hydroxylation is 2. The molecule has 4 rings (SSSR count). The largest absolute Gasteiger partial charge is 0.459 e. The Balaban J connectivity index is 1.44. The molecule has 0 aliphatic carbocycles. The highest BCUT2D eigenvalue weighted by Gasteiger charge is 2.26. The van der Waals surface area contributed by atoms with E-state index in [2.05, 4.69) is 15.8 Å². The number of anilines is 1. The minimum Gasteiger partial charge on any atom is -0.459 e. The van der Waals surface area contributed by atoms with Crippen LogP contribution in [-0.2, 0) is 32.7 Å². The van der Waals surface area contributed by atoms with Gasteiger partial charge in [-0.2, -0.15) is 9.41 Å². The number of benzene rings is 3. The Morgan fingerprint density at radius 3 is 2.22 bits per heavy atom. The monoisotopic (exact) mass is 612 g/mol. The molecule has 0 spiro atoms. The first-order valence-corrected chi connectivity index (χ1v) is 14.5. The predicted octanol–water partition coefficient (Wildman–Crippen LogP) is 5.68. The first-order valence-electron chi connectivity index (χ1n) is 12.3. The quantitative estimate of drug-likeness (QED) is 0.143. The SMILES string of the molecule is Cc1ccc(C)c(NC(=O)C(=O)N/N=C/c2ccc(CN(Cc3ccc(Cl)cc3)S(=O)(=O)c3ccc(Cl)cc3)o2)c1. The van der Waals surface area contributed by atoms with Crippen molar-refractivity contribution in [2.75, 3.05) is 5.32 Å². The fourth-order valence-corrected chi connectivity index (χ4v) is 5.40. The maximum absolute atomic E-state index is 13.5. The Morgan fingerprint density at radius 2 is 1.54 bits per heavy atom. The molecule has 0 aliphatic rings. The summed E-state index contributed by atoms with van der Waals surface area (Å²) in [6, 6.07) is 21.4. The number of carbonyl (C=O) groups is 2. The molecule has 0 aliphatic heterocycles. The highest BCUT2D eigenvalue weighted by molar-refractivity contribution is 7.89. The van der Waals surface area contributed by atoms with Gasteiger partial charge in [0, 0.05) is 22.3 Å². The molecule has 41 heavy (non-hydrogen) atoms. The van der Waals surface area contributed by atoms with Gasteiger partial charge in [-0.1, -0.05) is 47.5 Å². The summed E-state index contributed by atoms with van der Waals surface area (Å²) >= 11 is 11.9. The van der Waals surface area contributed by atoms with Crippen molar-refractivity contribution in [3.8, 4) is 0 Å². The van der Waals surface area contributed by atoms with Crippen molar-refractivity contribution < 1.29 is 22.4 Å². The number of halogens is 2. The number of hydrazone groups is 1. The Morgan fingerprint density at radius 1 is 0.878 bits per heavy atom. The van der Waals surface area contributed by atoms with Crippen molar-refractivity contribution in [3.05, 3.63) is 117 Å². The van der Waals surface area contributed by atoms with Gasteiger partial charge >= 0.3 is 11.8 Å². The van der Waals surface area contributed by atoms with Gasteiger partial charge in [-0.15, -0.1) is 0 Å². The van der Waals surface area contributed by atoms with Gasteiger partial charge in [-0.25, -0.2) is 13.8 Å². The summed E-state index contributed by atoms with van der Waals surface area (Å²) in [6.45, 7) is 3.65. The lowest BCUT2D eigenvalue weighted by Crippen LogP contribution is -2.32. The van der Waals surface area contributed by atoms with Crippen molar-refractivity contribution in [2.24, 2.45) is 5.10 Å². The second-order valence-corrected chi connectivity index (χ2v) is 11.9. The fraction of sp³-hybridized carbons (Fsp3) is 0.138. The van der Waals surface area contributed by atoms with E-state index in [0.717, 1.165) is 16.7 Å². The van der Waals surface area contributed by atoms with Crippen molar-refractivity contribution in [3.63, 3.8) is 0 Å². The maximum atomic E-state index is 13.5. The Bertz CT molecular complexity index is 1690. The molecule has 0 saturated heterocycles. The molecule has 0 unspecified atom stereocenters. The molecule has 0 radical (unpaired) electrons. The fourth-order valence-electron chi connectivity index (χ4n) is 3.75. The van der Waals surface area contributed by atoms with Crippen molar-refractivity contribution in [1.29, 1.82) is 0 Å². The van der Waals surface area contributed by atoms with E-state index >= 15 is 0 Å². The van der Waals surface area contributed by atoms with Gasteiger partial charge in [0.2, 0.25) is 10.0 Å². The van der Waals surface area contributed by atoms with Gasteiger partial charge in [-0.3, -0.25) is 9.59 Å². The number of amides is 2. The van der Waals surface area contributed by atoms with E-state index in [0.29, 0.717) is 21.5 Å². The summed E-state index contributed by atoms with van der Waals surface area (Å²) in [5.74, 6) is -1.26. The summed E-state index contributed by atoms with van der Waals surface area (Å²) in [6.07, 6.45) is 1.21. The van der Waals surface area contributed by atoms with Gasteiger partial charge in [0.1, 0.15) is 11.5 Å². The molecule has 9 nitrogen and oxygen atoms in total. The minimum absolute atomic E-state index is 0.0534. The van der Waals surface area contributed by atoms with Crippen LogP contribution in [0.3, 0.4) is 0 Å². The Labute approximate surface area is 247 Å². The third kappa shape index (κ3) is 8.05. The number of nitrogens with one attached hydrogen (secondary N) is 2. The molecule has 1 aromatic heterocycles. The van der Waals surface area contributed by atoms with Crippen LogP contribution in [0.2, 0.25) is 10.0 Å². The van der Waals surface area contributed by atoms with Crippen molar-refractivity contribution in [1.82, 2.24) is 9.73 Å². The van der Waals surface area contributed by atoms with E-state index in [1.165, 1.54) is 34.8 Å². The van der Waals surface area contributed by atoms with Crippen LogP contribution in [-0.4, -0.2) is 30.8 Å². The zero-order chi connectivity index (χ0) is 29.6. The Hall–Kier alpha value is -3.96. The molecule has 0 bridgehead atoms. The molecule has 2 N–H and O–H groups in total. The molecule has 4 aromatic rings. The molecule has 1 heterocycles. The van der Waals surface area contributed by atoms with Crippen LogP contribution in [0, 0.1) is 13.8 Å². The van der Waals surface area contributed by atoms with Gasteiger partial charge < -0.3 is 9.73 Å². The summed E-state index contributed by atoms with van der Waals surface area (Å²) in [5, 5.41) is 7.28. The highest BCUT2D eigenvalue weighted by atomic mass is 35.5. The first kappa shape index (κ1) is 30.0. The highest BCUT2D eigenvalue weighted by Crippen LogP contribution is 2.24. The van der Waals surface area contributed by atoms with E-state index in [-0.39, 0.29) is 23.7 Å². The van der Waals surface area contributed by atoms with E-state index in [9.17, 15) is 18.0 Å². The lowest BCUT2D eigenvalue weighted by Gasteiger charge is -2.21. The zero-order valence-corrected chi connectivity index (χ0v) is 24.4. The zero-order valence-electron chi connectivity index (χ0n) is 22.1. The van der Waals surface area contributed by atoms with Crippen LogP contribution in [0.15, 0.2) is 93.3 Å². The number of nitrogens with zero attached hydrogens (tertiary/aromatic N) is 2. The van der Waals surface area contributed by atoms with Crippen LogP contribution in [0.5, 0.6) is 0 Å². The first-order chi connectivity index (χ1) is 19.5. The summed E-state index contributed by atoms with van der Waals surface area (Å²) < 4.78 is 34.0. The third-order valence-electron chi connectivity index (χ3n) is 5.94. The smallest absolute Gasteiger partial charge is 0.329 e. The number of sulfonamides is 1. The van der Waals surface area contributed by atoms with E-state index < -0.39 is 21.8 Å². The number of furan rings is 1. The van der Waals surface area contributed by atoms with Crippen LogP contribution >= 0.6 is 23.2 Å². The normalized spacial score (nSPS) is 11.6. The number of carbonyl (C=O) groups excluding carboxylic acids is 2. The van der Waals surface area contributed by atoms with Crippen LogP contribution in [0.1, 0.15) is 28.2 Å². The number of hydrogen-bond donors (Lipinski definition) is 2. The average molecular weight is 614 g/mol. The average Bonchev–Trinajstić information content (AvgIpc) is 3.38. The number of rotatable bonds is 9. The molecular weight excluding hydrogens is 587 g/mol. The Kier molecular flexibility index (Phi) is 9.61. The standard InChI is InChI=1S/C29H26Cl2N4O5S/c1-19-3-4-20(2)27(15-19)33-28(36)29(37)34-32-16-24-11-12-25(40-24)18-35(17-21-5-7-22(30)8-6-21)41(38,39)26-13-9-23(31)10-14-26/h3-16H,17-18H2,1-2H3,(H,33,36)(H,34,37)/b32-16+. The van der Waals surface area contributed by atoms with Crippen LogP contribution < -0.4 is 10.7 Å². The second kappa shape index (κ2) is 13.1. The van der Waals surface area contributed by atoms with Gasteiger partial charge in [-0.05, 0) is 85.1 Å². The lowest BCUT2D eigenvalue weighted by atomic mass is 10.1.